The largest absolute Gasteiger partial charge is 0.392 e. The van der Waals surface area contributed by atoms with E-state index in [4.69, 9.17) is 5.11 Å². The number of hydrazine groups is 1. The van der Waals surface area contributed by atoms with Crippen LogP contribution in [0.1, 0.15) is 18.9 Å². The number of rotatable bonds is 2. The fourth-order valence-corrected chi connectivity index (χ4v) is 1.73. The Morgan fingerprint density at radius 3 is 2.60 bits per heavy atom. The quantitative estimate of drug-likeness (QED) is 0.752. The molecule has 1 unspecified atom stereocenters. The molecule has 1 saturated heterocycles. The molecule has 1 heterocycles. The zero-order valence-electron chi connectivity index (χ0n) is 8.60. The molecule has 0 aliphatic carbocycles. The van der Waals surface area contributed by atoms with Crippen molar-refractivity contribution >= 4 is 11.6 Å². The van der Waals surface area contributed by atoms with E-state index in [0.29, 0.717) is 6.42 Å². The van der Waals surface area contributed by atoms with Gasteiger partial charge in [0.25, 0.3) is 0 Å². The topological polar surface area (TPSA) is 52.6 Å². The minimum absolute atomic E-state index is 0.0438. The first-order valence-corrected chi connectivity index (χ1v) is 4.99. The van der Waals surface area contributed by atoms with Crippen LogP contribution in [0.3, 0.4) is 0 Å². The molecule has 1 fully saturated rings. The Bertz CT molecular complexity index is 361. The second-order valence-corrected chi connectivity index (χ2v) is 3.78. The van der Waals surface area contributed by atoms with E-state index < -0.39 is 0 Å². The minimum atomic E-state index is 0.0438. The molecule has 1 atom stereocenters. The predicted molar refractivity (Wildman–Crippen MR) is 57.1 cm³/mol. The maximum atomic E-state index is 11.2. The fourth-order valence-electron chi connectivity index (χ4n) is 1.73. The van der Waals surface area contributed by atoms with Gasteiger partial charge in [-0.3, -0.25) is 15.2 Å². The Hall–Kier alpha value is -1.55. The van der Waals surface area contributed by atoms with Gasteiger partial charge >= 0.3 is 0 Å². The highest BCUT2D eigenvalue weighted by molar-refractivity contribution is 5.82. The fraction of sp³-hybridized carbons (Fsp3) is 0.364. The predicted octanol–water partition coefficient (Wildman–Crippen LogP) is 0.809. The molecule has 0 bridgehead atoms. The third-order valence-electron chi connectivity index (χ3n) is 2.56. The number of nitrogens with zero attached hydrogens (tertiary/aromatic N) is 1. The number of amides is 1. The normalized spacial score (nSPS) is 20.5. The van der Waals surface area contributed by atoms with Crippen LogP contribution >= 0.6 is 0 Å². The molecule has 0 saturated carbocycles. The van der Waals surface area contributed by atoms with Crippen LogP contribution in [-0.4, -0.2) is 17.1 Å². The van der Waals surface area contributed by atoms with Crippen molar-refractivity contribution in [3.05, 3.63) is 29.8 Å². The van der Waals surface area contributed by atoms with Gasteiger partial charge in [-0.05, 0) is 24.6 Å². The van der Waals surface area contributed by atoms with E-state index in [1.165, 1.54) is 0 Å². The van der Waals surface area contributed by atoms with Gasteiger partial charge < -0.3 is 5.11 Å². The average Bonchev–Trinajstić information content (AvgIpc) is 2.58. The van der Waals surface area contributed by atoms with Crippen molar-refractivity contribution in [3.8, 4) is 0 Å². The van der Waals surface area contributed by atoms with Crippen LogP contribution in [0.2, 0.25) is 0 Å². The van der Waals surface area contributed by atoms with Crippen molar-refractivity contribution in [3.63, 3.8) is 0 Å². The van der Waals surface area contributed by atoms with Crippen LogP contribution in [0.25, 0.3) is 0 Å². The number of benzene rings is 1. The summed E-state index contributed by atoms with van der Waals surface area (Å²) < 4.78 is 0. The van der Waals surface area contributed by atoms with Gasteiger partial charge in [-0.1, -0.05) is 12.1 Å². The molecule has 0 aromatic heterocycles. The highest BCUT2D eigenvalue weighted by Gasteiger charge is 2.26. The van der Waals surface area contributed by atoms with Crippen molar-refractivity contribution in [1.82, 2.24) is 5.43 Å². The van der Waals surface area contributed by atoms with Gasteiger partial charge in [0, 0.05) is 0 Å². The second kappa shape index (κ2) is 3.90. The lowest BCUT2D eigenvalue weighted by Gasteiger charge is -2.22. The zero-order valence-corrected chi connectivity index (χ0v) is 8.60. The molecule has 0 radical (unpaired) electrons. The van der Waals surface area contributed by atoms with Crippen molar-refractivity contribution in [2.75, 3.05) is 5.01 Å². The average molecular weight is 206 g/mol. The van der Waals surface area contributed by atoms with E-state index in [1.807, 2.05) is 36.2 Å². The first-order valence-electron chi connectivity index (χ1n) is 4.99. The van der Waals surface area contributed by atoms with Crippen LogP contribution in [0.5, 0.6) is 0 Å². The molecule has 80 valence electrons. The molecule has 0 spiro atoms. The first kappa shape index (κ1) is 9.98. The molecule has 1 aromatic carbocycles. The number of nitrogens with one attached hydrogen (secondary N) is 1. The van der Waals surface area contributed by atoms with Crippen LogP contribution in [0.15, 0.2) is 24.3 Å². The summed E-state index contributed by atoms with van der Waals surface area (Å²) in [6.07, 6.45) is 0.530. The Kier molecular flexibility index (Phi) is 2.60. The van der Waals surface area contributed by atoms with Crippen molar-refractivity contribution in [1.29, 1.82) is 0 Å². The molecule has 1 aliphatic rings. The lowest BCUT2D eigenvalue weighted by molar-refractivity contribution is -0.119. The summed E-state index contributed by atoms with van der Waals surface area (Å²) >= 11 is 0. The number of aliphatic hydroxyl groups is 1. The summed E-state index contributed by atoms with van der Waals surface area (Å²) in [5, 5.41) is 10.8. The van der Waals surface area contributed by atoms with Gasteiger partial charge in [-0.2, -0.15) is 0 Å². The van der Waals surface area contributed by atoms with E-state index in [9.17, 15) is 4.79 Å². The SMILES string of the molecule is CC1CC(=O)NN1c1ccc(CO)cc1. The summed E-state index contributed by atoms with van der Waals surface area (Å²) in [5.41, 5.74) is 4.61. The monoisotopic (exact) mass is 206 g/mol. The van der Waals surface area contributed by atoms with Gasteiger partial charge in [0.1, 0.15) is 0 Å². The molecule has 4 heteroatoms. The highest BCUT2D eigenvalue weighted by atomic mass is 16.3. The van der Waals surface area contributed by atoms with Crippen LogP contribution in [-0.2, 0) is 11.4 Å². The third kappa shape index (κ3) is 1.94. The van der Waals surface area contributed by atoms with Gasteiger partial charge in [-0.25, -0.2) is 0 Å². The van der Waals surface area contributed by atoms with Crippen LogP contribution in [0.4, 0.5) is 5.69 Å². The van der Waals surface area contributed by atoms with E-state index in [-0.39, 0.29) is 18.6 Å². The molecular weight excluding hydrogens is 192 g/mol. The van der Waals surface area contributed by atoms with Crippen molar-refractivity contribution in [2.45, 2.75) is 26.0 Å². The molecule has 4 nitrogen and oxygen atoms in total. The highest BCUT2D eigenvalue weighted by Crippen LogP contribution is 2.20. The number of carbonyl (C=O) groups excluding carboxylic acids is 1. The number of aliphatic hydroxyl groups excluding tert-OH is 1. The summed E-state index contributed by atoms with van der Waals surface area (Å²) in [6, 6.07) is 7.68. The van der Waals surface area contributed by atoms with E-state index in [0.717, 1.165) is 11.3 Å². The molecular formula is C11H14N2O2. The molecule has 2 N–H and O–H groups in total. The first-order chi connectivity index (χ1) is 7.20. The second-order valence-electron chi connectivity index (χ2n) is 3.78. The van der Waals surface area contributed by atoms with E-state index in [2.05, 4.69) is 5.43 Å². The summed E-state index contributed by atoms with van der Waals surface area (Å²) in [5.74, 6) is 0.0498. The van der Waals surface area contributed by atoms with Crippen molar-refractivity contribution < 1.29 is 9.90 Å². The lowest BCUT2D eigenvalue weighted by Crippen LogP contribution is -2.36. The standard InChI is InChI=1S/C11H14N2O2/c1-8-6-11(15)12-13(8)10-4-2-9(7-14)3-5-10/h2-5,8,14H,6-7H2,1H3,(H,12,15). The molecule has 1 aromatic rings. The zero-order chi connectivity index (χ0) is 10.8. The van der Waals surface area contributed by atoms with Crippen LogP contribution in [0, 0.1) is 0 Å². The number of anilines is 1. The number of carbonyl (C=O) groups is 1. The van der Waals surface area contributed by atoms with Crippen molar-refractivity contribution in [2.24, 2.45) is 0 Å². The number of hydrogen-bond donors (Lipinski definition) is 2. The Morgan fingerprint density at radius 2 is 2.13 bits per heavy atom. The molecule has 1 amide bonds. The van der Waals surface area contributed by atoms with E-state index in [1.54, 1.807) is 0 Å². The smallest absolute Gasteiger partial charge is 0.240 e. The minimum Gasteiger partial charge on any atom is -0.392 e. The third-order valence-corrected chi connectivity index (χ3v) is 2.56. The summed E-state index contributed by atoms with van der Waals surface area (Å²) in [4.78, 5) is 11.2. The maximum Gasteiger partial charge on any atom is 0.240 e. The molecule has 1 aliphatic heterocycles. The van der Waals surface area contributed by atoms with Gasteiger partial charge in [-0.15, -0.1) is 0 Å². The summed E-state index contributed by atoms with van der Waals surface area (Å²) in [7, 11) is 0. The lowest BCUT2D eigenvalue weighted by atomic mass is 10.2. The van der Waals surface area contributed by atoms with Gasteiger partial charge in [0.15, 0.2) is 0 Å². The Labute approximate surface area is 88.5 Å². The maximum absolute atomic E-state index is 11.2. The Balaban J connectivity index is 2.19. The van der Waals surface area contributed by atoms with Crippen LogP contribution < -0.4 is 10.4 Å². The molecule has 15 heavy (non-hydrogen) atoms. The number of hydrogen-bond acceptors (Lipinski definition) is 3. The van der Waals surface area contributed by atoms with Gasteiger partial charge in [0.2, 0.25) is 5.91 Å². The van der Waals surface area contributed by atoms with Gasteiger partial charge in [0.05, 0.1) is 24.8 Å². The Morgan fingerprint density at radius 1 is 1.47 bits per heavy atom. The summed E-state index contributed by atoms with van der Waals surface area (Å²) in [6.45, 7) is 2.04. The molecule has 2 rings (SSSR count). The van der Waals surface area contributed by atoms with E-state index >= 15 is 0 Å².